The second-order valence-electron chi connectivity index (χ2n) is 7.42. The number of amides is 1. The molecule has 1 amide bonds. The van der Waals surface area contributed by atoms with E-state index >= 15 is 0 Å². The Hall–Kier alpha value is -3.46. The minimum absolute atomic E-state index is 0.0666. The van der Waals surface area contributed by atoms with E-state index in [4.69, 9.17) is 4.74 Å². The molecule has 32 heavy (non-hydrogen) atoms. The predicted octanol–water partition coefficient (Wildman–Crippen LogP) is 4.01. The van der Waals surface area contributed by atoms with Gasteiger partial charge in [-0.15, -0.1) is 11.3 Å². The number of benzene rings is 2. The van der Waals surface area contributed by atoms with Crippen molar-refractivity contribution < 1.29 is 14.5 Å². The number of hydrogen-bond acceptors (Lipinski definition) is 7. The molecule has 1 saturated heterocycles. The lowest BCUT2D eigenvalue weighted by atomic mass is 10.2. The van der Waals surface area contributed by atoms with Gasteiger partial charge in [-0.25, -0.2) is 4.98 Å². The summed E-state index contributed by atoms with van der Waals surface area (Å²) in [7, 11) is 0. The number of thiazole rings is 1. The van der Waals surface area contributed by atoms with Gasteiger partial charge in [-0.3, -0.25) is 14.9 Å². The Balaban J connectivity index is 1.31. The molecule has 1 aliphatic heterocycles. The quantitative estimate of drug-likeness (QED) is 0.398. The molecule has 4 rings (SSSR count). The fourth-order valence-corrected chi connectivity index (χ4v) is 4.47. The molecule has 0 unspecified atom stereocenters. The van der Waals surface area contributed by atoms with Crippen LogP contribution in [0.3, 0.4) is 0 Å². The predicted molar refractivity (Wildman–Crippen MR) is 124 cm³/mol. The van der Waals surface area contributed by atoms with E-state index < -0.39 is 4.92 Å². The van der Waals surface area contributed by atoms with Crippen LogP contribution in [0.5, 0.6) is 5.75 Å². The zero-order valence-corrected chi connectivity index (χ0v) is 18.6. The lowest BCUT2D eigenvalue weighted by Crippen LogP contribution is -2.49. The van der Waals surface area contributed by atoms with E-state index in [1.165, 1.54) is 23.5 Å². The molecule has 0 radical (unpaired) electrons. The lowest BCUT2D eigenvalue weighted by molar-refractivity contribution is -0.384. The largest absolute Gasteiger partial charge is 0.494 e. The minimum atomic E-state index is -0.403. The second kappa shape index (κ2) is 9.78. The van der Waals surface area contributed by atoms with E-state index in [1.807, 2.05) is 41.5 Å². The van der Waals surface area contributed by atoms with Gasteiger partial charge < -0.3 is 14.5 Å². The summed E-state index contributed by atoms with van der Waals surface area (Å²) in [4.78, 5) is 31.8. The molecule has 0 saturated carbocycles. The van der Waals surface area contributed by atoms with E-state index in [1.54, 1.807) is 12.1 Å². The first-order chi connectivity index (χ1) is 15.5. The van der Waals surface area contributed by atoms with Gasteiger partial charge in [0, 0.05) is 54.9 Å². The highest BCUT2D eigenvalue weighted by atomic mass is 32.1. The Morgan fingerprint density at radius 3 is 2.41 bits per heavy atom. The molecule has 9 heteroatoms. The van der Waals surface area contributed by atoms with Crippen LogP contribution in [-0.2, 0) is 11.2 Å². The Labute approximate surface area is 190 Å². The molecular formula is C23H24N4O4S. The fourth-order valence-electron chi connectivity index (χ4n) is 3.65. The Kier molecular flexibility index (Phi) is 6.65. The average molecular weight is 453 g/mol. The Bertz CT molecular complexity index is 1070. The molecule has 3 aromatic rings. The van der Waals surface area contributed by atoms with Crippen LogP contribution in [-0.4, -0.2) is 53.5 Å². The number of piperazine rings is 1. The number of aromatic nitrogens is 1. The maximum absolute atomic E-state index is 12.8. The third-order valence-electron chi connectivity index (χ3n) is 5.35. The van der Waals surface area contributed by atoms with Crippen molar-refractivity contribution in [2.75, 3.05) is 37.7 Å². The summed E-state index contributed by atoms with van der Waals surface area (Å²) < 4.78 is 5.47. The molecule has 0 N–H and O–H groups in total. The normalized spacial score (nSPS) is 13.8. The Morgan fingerprint density at radius 1 is 1.09 bits per heavy atom. The molecule has 0 aliphatic carbocycles. The molecule has 1 aromatic heterocycles. The van der Waals surface area contributed by atoms with Gasteiger partial charge >= 0.3 is 0 Å². The number of nitro benzene ring substituents is 1. The molecular weight excluding hydrogens is 428 g/mol. The number of nitrogens with zero attached hydrogens (tertiary/aromatic N) is 4. The van der Waals surface area contributed by atoms with E-state index in [0.717, 1.165) is 27.7 Å². The van der Waals surface area contributed by atoms with Crippen LogP contribution in [0, 0.1) is 10.1 Å². The summed E-state index contributed by atoms with van der Waals surface area (Å²) in [5, 5.41) is 13.6. The molecule has 2 heterocycles. The molecule has 2 aromatic carbocycles. The van der Waals surface area contributed by atoms with Crippen LogP contribution < -0.4 is 9.64 Å². The van der Waals surface area contributed by atoms with E-state index in [2.05, 4.69) is 9.88 Å². The van der Waals surface area contributed by atoms with Crippen molar-refractivity contribution in [3.63, 3.8) is 0 Å². The monoisotopic (exact) mass is 452 g/mol. The van der Waals surface area contributed by atoms with Crippen molar-refractivity contribution in [1.29, 1.82) is 0 Å². The van der Waals surface area contributed by atoms with Gasteiger partial charge in [-0.2, -0.15) is 0 Å². The number of rotatable bonds is 7. The number of hydrogen-bond donors (Lipinski definition) is 0. The van der Waals surface area contributed by atoms with Crippen LogP contribution in [0.4, 0.5) is 11.4 Å². The summed E-state index contributed by atoms with van der Waals surface area (Å²) in [5.74, 6) is 0.896. The third kappa shape index (κ3) is 5.05. The van der Waals surface area contributed by atoms with Crippen LogP contribution in [0.25, 0.3) is 10.6 Å². The molecule has 0 atom stereocenters. The molecule has 0 bridgehead atoms. The highest BCUT2D eigenvalue weighted by Crippen LogP contribution is 2.26. The van der Waals surface area contributed by atoms with Gasteiger partial charge in [0.25, 0.3) is 5.69 Å². The smallest absolute Gasteiger partial charge is 0.269 e. The van der Waals surface area contributed by atoms with Crippen LogP contribution in [0.2, 0.25) is 0 Å². The number of non-ortho nitro benzene ring substituents is 1. The van der Waals surface area contributed by atoms with Gasteiger partial charge in [0.15, 0.2) is 0 Å². The zero-order valence-electron chi connectivity index (χ0n) is 17.8. The van der Waals surface area contributed by atoms with Crippen molar-refractivity contribution >= 4 is 28.6 Å². The number of nitro groups is 1. The van der Waals surface area contributed by atoms with Gasteiger partial charge in [-0.05, 0) is 43.3 Å². The highest BCUT2D eigenvalue weighted by Gasteiger charge is 2.22. The maximum Gasteiger partial charge on any atom is 0.269 e. The van der Waals surface area contributed by atoms with Crippen molar-refractivity contribution in [3.05, 3.63) is 69.7 Å². The molecule has 8 nitrogen and oxygen atoms in total. The second-order valence-corrected chi connectivity index (χ2v) is 8.28. The van der Waals surface area contributed by atoms with Gasteiger partial charge in [0.2, 0.25) is 5.91 Å². The summed E-state index contributed by atoms with van der Waals surface area (Å²) in [6.45, 7) is 5.20. The molecule has 1 fully saturated rings. The number of ether oxygens (including phenoxy) is 1. The van der Waals surface area contributed by atoms with Gasteiger partial charge in [-0.1, -0.05) is 0 Å². The van der Waals surface area contributed by atoms with E-state index in [-0.39, 0.29) is 18.0 Å². The third-order valence-corrected chi connectivity index (χ3v) is 6.29. The fraction of sp³-hybridized carbons (Fsp3) is 0.304. The topological polar surface area (TPSA) is 88.8 Å². The van der Waals surface area contributed by atoms with Gasteiger partial charge in [0.1, 0.15) is 10.8 Å². The molecule has 0 spiro atoms. The standard InChI is InChI=1S/C23H24N4O4S/c1-2-31-21-9-3-17(4-10-21)23-24-18(16-32-23)15-22(28)26-13-11-25(12-14-26)19-5-7-20(8-6-19)27(29)30/h3-10,16H,2,11-15H2,1H3. The molecule has 166 valence electrons. The Morgan fingerprint density at radius 2 is 1.78 bits per heavy atom. The summed E-state index contributed by atoms with van der Waals surface area (Å²) in [6, 6.07) is 14.3. The summed E-state index contributed by atoms with van der Waals surface area (Å²) in [5.41, 5.74) is 2.80. The summed E-state index contributed by atoms with van der Waals surface area (Å²) in [6.07, 6.45) is 0.283. The molecule has 1 aliphatic rings. The summed E-state index contributed by atoms with van der Waals surface area (Å²) >= 11 is 1.53. The highest BCUT2D eigenvalue weighted by molar-refractivity contribution is 7.13. The minimum Gasteiger partial charge on any atom is -0.494 e. The van der Waals surface area contributed by atoms with E-state index in [0.29, 0.717) is 32.8 Å². The van der Waals surface area contributed by atoms with Crippen LogP contribution >= 0.6 is 11.3 Å². The number of carbonyl (C=O) groups excluding carboxylic acids is 1. The first kappa shape index (κ1) is 21.8. The SMILES string of the molecule is CCOc1ccc(-c2nc(CC(=O)N3CCN(c4ccc([N+](=O)[O-])cc4)CC3)cs2)cc1. The first-order valence-electron chi connectivity index (χ1n) is 10.5. The van der Waals surface area contributed by atoms with E-state index in [9.17, 15) is 14.9 Å². The zero-order chi connectivity index (χ0) is 22.5. The maximum atomic E-state index is 12.8. The number of anilines is 1. The average Bonchev–Trinajstić information content (AvgIpc) is 3.28. The first-order valence-corrected chi connectivity index (χ1v) is 11.4. The number of carbonyl (C=O) groups is 1. The van der Waals surface area contributed by atoms with Crippen molar-refractivity contribution in [1.82, 2.24) is 9.88 Å². The van der Waals surface area contributed by atoms with Crippen LogP contribution in [0.1, 0.15) is 12.6 Å². The lowest BCUT2D eigenvalue weighted by Gasteiger charge is -2.36. The van der Waals surface area contributed by atoms with Gasteiger partial charge in [0.05, 0.1) is 23.6 Å². The van der Waals surface area contributed by atoms with Crippen molar-refractivity contribution in [2.45, 2.75) is 13.3 Å². The van der Waals surface area contributed by atoms with Crippen molar-refractivity contribution in [2.24, 2.45) is 0 Å². The van der Waals surface area contributed by atoms with Crippen molar-refractivity contribution in [3.8, 4) is 16.3 Å². The van der Waals surface area contributed by atoms with Crippen LogP contribution in [0.15, 0.2) is 53.9 Å².